The van der Waals surface area contributed by atoms with Gasteiger partial charge in [-0.25, -0.2) is 0 Å². The molecular formula is C20H25BrN2O3. The van der Waals surface area contributed by atoms with Crippen LogP contribution in [-0.2, 0) is 11.3 Å². The van der Waals surface area contributed by atoms with Crippen molar-refractivity contribution < 1.29 is 14.3 Å². The summed E-state index contributed by atoms with van der Waals surface area (Å²) in [6.45, 7) is 2.86. The van der Waals surface area contributed by atoms with Gasteiger partial charge in [0.1, 0.15) is 0 Å². The van der Waals surface area contributed by atoms with E-state index >= 15 is 0 Å². The molecule has 0 bridgehead atoms. The first-order chi connectivity index (χ1) is 12.4. The summed E-state index contributed by atoms with van der Waals surface area (Å²) in [4.78, 5) is 14.3. The third-order valence-electron chi connectivity index (χ3n) is 4.09. The van der Waals surface area contributed by atoms with Gasteiger partial charge in [-0.05, 0) is 37.7 Å². The number of ether oxygens (including phenoxy) is 2. The van der Waals surface area contributed by atoms with Gasteiger partial charge in [-0.15, -0.1) is 0 Å². The molecule has 0 aliphatic carbocycles. The fourth-order valence-corrected chi connectivity index (χ4v) is 3.06. The van der Waals surface area contributed by atoms with Crippen LogP contribution >= 0.6 is 15.9 Å². The highest BCUT2D eigenvalue weighted by molar-refractivity contribution is 9.10. The molecule has 0 spiro atoms. The standard InChI is InChI=1S/C20H25BrN2O3/c1-14(15-8-10-17(21)11-9-15)22-19(24)13-23(2)12-16-6-5-7-18(25-3)20(16)26-4/h5-11,14H,12-13H2,1-4H3,(H,22,24)/t14-/m1/s1. The Hall–Kier alpha value is -2.05. The van der Waals surface area contributed by atoms with Crippen LogP contribution in [0.2, 0.25) is 0 Å². The summed E-state index contributed by atoms with van der Waals surface area (Å²) in [5.41, 5.74) is 2.04. The van der Waals surface area contributed by atoms with Gasteiger partial charge in [0, 0.05) is 16.6 Å². The quantitative estimate of drug-likeness (QED) is 0.705. The number of carbonyl (C=O) groups excluding carboxylic acids is 1. The molecule has 0 radical (unpaired) electrons. The molecule has 1 amide bonds. The molecule has 0 aliphatic heterocycles. The van der Waals surface area contributed by atoms with Crippen molar-refractivity contribution in [2.45, 2.75) is 19.5 Å². The van der Waals surface area contributed by atoms with Crippen molar-refractivity contribution in [1.82, 2.24) is 10.2 Å². The zero-order valence-corrected chi connectivity index (χ0v) is 17.2. The average Bonchev–Trinajstić information content (AvgIpc) is 2.61. The number of nitrogens with zero attached hydrogens (tertiary/aromatic N) is 1. The van der Waals surface area contributed by atoms with Gasteiger partial charge >= 0.3 is 0 Å². The lowest BCUT2D eigenvalue weighted by Crippen LogP contribution is -2.36. The lowest BCUT2D eigenvalue weighted by atomic mass is 10.1. The van der Waals surface area contributed by atoms with E-state index in [2.05, 4.69) is 21.2 Å². The lowest BCUT2D eigenvalue weighted by Gasteiger charge is -2.21. The van der Waals surface area contributed by atoms with Crippen LogP contribution in [0.15, 0.2) is 46.9 Å². The SMILES string of the molecule is COc1cccc(CN(C)CC(=O)N[C@H](C)c2ccc(Br)cc2)c1OC. The number of hydrogen-bond acceptors (Lipinski definition) is 4. The number of hydrogen-bond donors (Lipinski definition) is 1. The second kappa shape index (κ2) is 9.59. The molecular weight excluding hydrogens is 396 g/mol. The number of benzene rings is 2. The third-order valence-corrected chi connectivity index (χ3v) is 4.61. The van der Waals surface area contributed by atoms with E-state index in [1.165, 1.54) is 0 Å². The summed E-state index contributed by atoms with van der Waals surface area (Å²) in [5, 5.41) is 3.03. The molecule has 2 rings (SSSR count). The molecule has 5 nitrogen and oxygen atoms in total. The second-order valence-electron chi connectivity index (χ2n) is 6.17. The third kappa shape index (κ3) is 5.47. The highest BCUT2D eigenvalue weighted by Gasteiger charge is 2.15. The Labute approximate surface area is 163 Å². The molecule has 1 atom stereocenters. The van der Waals surface area contributed by atoms with Crippen molar-refractivity contribution in [3.63, 3.8) is 0 Å². The van der Waals surface area contributed by atoms with Crippen molar-refractivity contribution in [3.05, 3.63) is 58.1 Å². The van der Waals surface area contributed by atoms with Crippen LogP contribution in [0.3, 0.4) is 0 Å². The van der Waals surface area contributed by atoms with Gasteiger partial charge in [0.15, 0.2) is 11.5 Å². The summed E-state index contributed by atoms with van der Waals surface area (Å²) >= 11 is 3.42. The summed E-state index contributed by atoms with van der Waals surface area (Å²) in [6, 6.07) is 13.6. The number of para-hydroxylation sites is 1. The predicted octanol–water partition coefficient (Wildman–Crippen LogP) is 3.78. The fraction of sp³-hybridized carbons (Fsp3) is 0.350. The van der Waals surface area contributed by atoms with E-state index in [0.717, 1.165) is 15.6 Å². The van der Waals surface area contributed by atoms with Crippen LogP contribution in [0.25, 0.3) is 0 Å². The Kier molecular flexibility index (Phi) is 7.48. The number of halogens is 1. The Balaban J connectivity index is 1.94. The van der Waals surface area contributed by atoms with E-state index in [-0.39, 0.29) is 11.9 Å². The minimum atomic E-state index is -0.0460. The molecule has 0 heterocycles. The first-order valence-electron chi connectivity index (χ1n) is 8.37. The maximum atomic E-state index is 12.4. The van der Waals surface area contributed by atoms with Crippen LogP contribution in [-0.4, -0.2) is 38.6 Å². The smallest absolute Gasteiger partial charge is 0.234 e. The highest BCUT2D eigenvalue weighted by atomic mass is 79.9. The Morgan fingerprint density at radius 2 is 1.85 bits per heavy atom. The van der Waals surface area contributed by atoms with E-state index < -0.39 is 0 Å². The van der Waals surface area contributed by atoms with Crippen LogP contribution in [0.4, 0.5) is 0 Å². The highest BCUT2D eigenvalue weighted by Crippen LogP contribution is 2.31. The molecule has 1 N–H and O–H groups in total. The molecule has 2 aromatic rings. The maximum absolute atomic E-state index is 12.4. The number of methoxy groups -OCH3 is 2. The van der Waals surface area contributed by atoms with E-state index in [4.69, 9.17) is 9.47 Å². The van der Waals surface area contributed by atoms with Crippen molar-refractivity contribution >= 4 is 21.8 Å². The Bertz CT molecular complexity index is 734. The van der Waals surface area contributed by atoms with E-state index in [1.54, 1.807) is 14.2 Å². The molecule has 0 fully saturated rings. The molecule has 0 aromatic heterocycles. The zero-order chi connectivity index (χ0) is 19.1. The molecule has 0 saturated carbocycles. The van der Waals surface area contributed by atoms with Gasteiger partial charge in [-0.3, -0.25) is 9.69 Å². The van der Waals surface area contributed by atoms with Crippen molar-refractivity contribution in [3.8, 4) is 11.5 Å². The normalized spacial score (nSPS) is 11.9. The number of nitrogens with one attached hydrogen (secondary N) is 1. The predicted molar refractivity (Wildman–Crippen MR) is 107 cm³/mol. The first kappa shape index (κ1) is 20.3. The van der Waals surface area contributed by atoms with Crippen LogP contribution in [0.1, 0.15) is 24.1 Å². The van der Waals surface area contributed by atoms with Crippen LogP contribution < -0.4 is 14.8 Å². The largest absolute Gasteiger partial charge is 0.493 e. The van der Waals surface area contributed by atoms with Gasteiger partial charge in [0.2, 0.25) is 5.91 Å². The Morgan fingerprint density at radius 3 is 2.46 bits per heavy atom. The molecule has 0 aliphatic rings. The molecule has 140 valence electrons. The lowest BCUT2D eigenvalue weighted by molar-refractivity contribution is -0.122. The zero-order valence-electron chi connectivity index (χ0n) is 15.6. The van der Waals surface area contributed by atoms with Crippen LogP contribution in [0.5, 0.6) is 11.5 Å². The molecule has 6 heteroatoms. The number of rotatable bonds is 8. The maximum Gasteiger partial charge on any atom is 0.234 e. The summed E-state index contributed by atoms with van der Waals surface area (Å²) in [7, 11) is 5.14. The molecule has 2 aromatic carbocycles. The van der Waals surface area contributed by atoms with Crippen molar-refractivity contribution in [2.24, 2.45) is 0 Å². The van der Waals surface area contributed by atoms with Crippen molar-refractivity contribution in [1.29, 1.82) is 0 Å². The Morgan fingerprint density at radius 1 is 1.15 bits per heavy atom. The average molecular weight is 421 g/mol. The van der Waals surface area contributed by atoms with E-state index in [9.17, 15) is 4.79 Å². The fourth-order valence-electron chi connectivity index (χ4n) is 2.79. The minimum Gasteiger partial charge on any atom is -0.493 e. The first-order valence-corrected chi connectivity index (χ1v) is 9.17. The number of carbonyl (C=O) groups is 1. The van der Waals surface area contributed by atoms with Gasteiger partial charge < -0.3 is 14.8 Å². The summed E-state index contributed by atoms with van der Waals surface area (Å²) < 4.78 is 11.8. The topological polar surface area (TPSA) is 50.8 Å². The molecule has 0 saturated heterocycles. The number of likely N-dealkylation sites (N-methyl/N-ethyl adjacent to an activating group) is 1. The molecule has 0 unspecified atom stereocenters. The van der Waals surface area contributed by atoms with Crippen LogP contribution in [0, 0.1) is 0 Å². The van der Waals surface area contributed by atoms with Gasteiger partial charge in [-0.1, -0.05) is 40.2 Å². The van der Waals surface area contributed by atoms with Gasteiger partial charge in [0.25, 0.3) is 0 Å². The van der Waals surface area contributed by atoms with Crippen molar-refractivity contribution in [2.75, 3.05) is 27.8 Å². The molecule has 26 heavy (non-hydrogen) atoms. The second-order valence-corrected chi connectivity index (χ2v) is 7.08. The summed E-state index contributed by atoms with van der Waals surface area (Å²) in [6.07, 6.45) is 0. The minimum absolute atomic E-state index is 0.0234. The van der Waals surface area contributed by atoms with Gasteiger partial charge in [0.05, 0.1) is 26.8 Å². The van der Waals surface area contributed by atoms with E-state index in [0.29, 0.717) is 24.6 Å². The van der Waals surface area contributed by atoms with Gasteiger partial charge in [-0.2, -0.15) is 0 Å². The van der Waals surface area contributed by atoms with E-state index in [1.807, 2.05) is 61.3 Å². The number of amides is 1. The summed E-state index contributed by atoms with van der Waals surface area (Å²) in [5.74, 6) is 1.36. The monoisotopic (exact) mass is 420 g/mol.